The Morgan fingerprint density at radius 2 is 2.24 bits per heavy atom. The number of nitrogens with one attached hydrogen (secondary N) is 1. The summed E-state index contributed by atoms with van der Waals surface area (Å²) in [5.74, 6) is 0.468. The summed E-state index contributed by atoms with van der Waals surface area (Å²) in [5.41, 5.74) is 0. The van der Waals surface area contributed by atoms with Gasteiger partial charge in [0.2, 0.25) is 0 Å². The second kappa shape index (κ2) is 5.50. The predicted octanol–water partition coefficient (Wildman–Crippen LogP) is 4.11. The van der Waals surface area contributed by atoms with Crippen molar-refractivity contribution >= 4 is 53.9 Å². The molecule has 0 saturated heterocycles. The molecule has 0 fully saturated rings. The van der Waals surface area contributed by atoms with E-state index in [1.165, 1.54) is 9.40 Å². The van der Waals surface area contributed by atoms with E-state index in [0.717, 1.165) is 10.2 Å². The molecule has 1 unspecified atom stereocenters. The van der Waals surface area contributed by atoms with Gasteiger partial charge in [-0.1, -0.05) is 29.8 Å². The summed E-state index contributed by atoms with van der Waals surface area (Å²) in [6.07, 6.45) is 0. The number of carbonyl (C=O) groups excluding carboxylic acids is 1. The lowest BCUT2D eigenvalue weighted by Gasteiger charge is -2.19. The van der Waals surface area contributed by atoms with Crippen LogP contribution in [-0.2, 0) is 0 Å². The fraction of sp³-hybridized carbons (Fsp3) is 0.417. The van der Waals surface area contributed by atoms with Gasteiger partial charge in [-0.05, 0) is 23.4 Å². The lowest BCUT2D eigenvalue weighted by atomic mass is 10.1. The summed E-state index contributed by atoms with van der Waals surface area (Å²) in [5, 5.41) is 5.90. The Labute approximate surface area is 117 Å². The molecule has 0 aliphatic rings. The molecule has 2 heterocycles. The molecule has 1 N–H and O–H groups in total. The summed E-state index contributed by atoms with van der Waals surface area (Å²) in [7, 11) is 0. The molecule has 2 nitrogen and oxygen atoms in total. The Morgan fingerprint density at radius 1 is 1.47 bits per heavy atom. The van der Waals surface area contributed by atoms with Crippen molar-refractivity contribution in [1.82, 2.24) is 5.32 Å². The first-order chi connectivity index (χ1) is 8.11. The molecule has 92 valence electrons. The molecule has 0 aliphatic heterocycles. The average molecular weight is 332 g/mol. The molecule has 2 rings (SSSR count). The molecular weight excluding hydrogens is 318 g/mol. The standard InChI is InChI=1S/C12H14BrNOS2/c1-7(2)8(6-13)14-12(15)11-5-10-9(17-11)3-4-16-10/h3-5,7-8H,6H2,1-2H3,(H,14,15). The minimum absolute atomic E-state index is 0.0385. The van der Waals surface area contributed by atoms with Gasteiger partial charge in [0.15, 0.2) is 0 Å². The van der Waals surface area contributed by atoms with Crippen LogP contribution in [0.4, 0.5) is 0 Å². The van der Waals surface area contributed by atoms with E-state index in [9.17, 15) is 4.79 Å². The quantitative estimate of drug-likeness (QED) is 0.839. The second-order valence-corrected chi connectivity index (χ2v) is 6.92. The minimum atomic E-state index is 0.0385. The predicted molar refractivity (Wildman–Crippen MR) is 79.6 cm³/mol. The van der Waals surface area contributed by atoms with Crippen LogP contribution in [0.5, 0.6) is 0 Å². The van der Waals surface area contributed by atoms with Crippen LogP contribution < -0.4 is 5.32 Å². The van der Waals surface area contributed by atoms with Crippen molar-refractivity contribution in [3.05, 3.63) is 22.4 Å². The lowest BCUT2D eigenvalue weighted by molar-refractivity contribution is 0.0936. The Hall–Kier alpha value is -0.390. The molecule has 0 spiro atoms. The highest BCUT2D eigenvalue weighted by Gasteiger charge is 2.17. The molecule has 2 aromatic rings. The molecule has 1 atom stereocenters. The lowest BCUT2D eigenvalue weighted by Crippen LogP contribution is -2.39. The van der Waals surface area contributed by atoms with E-state index in [1.807, 2.05) is 6.07 Å². The Bertz CT molecular complexity index is 489. The van der Waals surface area contributed by atoms with E-state index in [1.54, 1.807) is 22.7 Å². The average Bonchev–Trinajstić information content (AvgIpc) is 2.84. The van der Waals surface area contributed by atoms with Gasteiger partial charge in [-0.2, -0.15) is 0 Å². The highest BCUT2D eigenvalue weighted by atomic mass is 79.9. The van der Waals surface area contributed by atoms with Crippen LogP contribution >= 0.6 is 38.6 Å². The van der Waals surface area contributed by atoms with E-state index >= 15 is 0 Å². The van der Waals surface area contributed by atoms with E-state index in [-0.39, 0.29) is 11.9 Å². The van der Waals surface area contributed by atoms with Crippen LogP contribution in [0.25, 0.3) is 9.40 Å². The minimum Gasteiger partial charge on any atom is -0.348 e. The van der Waals surface area contributed by atoms with Gasteiger partial charge in [-0.3, -0.25) is 4.79 Å². The Balaban J connectivity index is 2.12. The topological polar surface area (TPSA) is 29.1 Å². The Morgan fingerprint density at radius 3 is 2.82 bits per heavy atom. The third kappa shape index (κ3) is 2.89. The normalized spacial score (nSPS) is 13.2. The third-order valence-corrected chi connectivity index (χ3v) is 5.44. The fourth-order valence-electron chi connectivity index (χ4n) is 1.50. The number of alkyl halides is 1. The van der Waals surface area contributed by atoms with Crippen LogP contribution in [0.15, 0.2) is 17.5 Å². The number of hydrogen-bond acceptors (Lipinski definition) is 3. The molecule has 0 aliphatic carbocycles. The first-order valence-corrected chi connectivity index (χ1v) is 8.27. The molecule has 17 heavy (non-hydrogen) atoms. The van der Waals surface area contributed by atoms with Crippen molar-refractivity contribution < 1.29 is 4.79 Å². The smallest absolute Gasteiger partial charge is 0.261 e. The van der Waals surface area contributed by atoms with Crippen molar-refractivity contribution in [2.45, 2.75) is 19.9 Å². The van der Waals surface area contributed by atoms with Gasteiger partial charge in [0.1, 0.15) is 0 Å². The summed E-state index contributed by atoms with van der Waals surface area (Å²) in [6.45, 7) is 4.22. The highest BCUT2D eigenvalue weighted by Crippen LogP contribution is 2.29. The second-order valence-electron chi connectivity index (χ2n) is 4.24. The molecule has 1 amide bonds. The van der Waals surface area contributed by atoms with Crippen LogP contribution in [0.3, 0.4) is 0 Å². The first-order valence-electron chi connectivity index (χ1n) is 5.45. The van der Waals surface area contributed by atoms with Gasteiger partial charge in [-0.25, -0.2) is 0 Å². The molecular formula is C12H14BrNOS2. The van der Waals surface area contributed by atoms with Crippen molar-refractivity contribution in [2.75, 3.05) is 5.33 Å². The highest BCUT2D eigenvalue weighted by molar-refractivity contribution is 9.09. The number of thiophene rings is 2. The molecule has 0 saturated carbocycles. The number of fused-ring (bicyclic) bond motifs is 1. The number of amides is 1. The summed E-state index contributed by atoms with van der Waals surface area (Å²) in [4.78, 5) is 12.9. The molecule has 2 aromatic heterocycles. The molecule has 0 aromatic carbocycles. The molecule has 5 heteroatoms. The molecule has 0 radical (unpaired) electrons. The van der Waals surface area contributed by atoms with Crippen LogP contribution in [0.2, 0.25) is 0 Å². The molecule has 0 bridgehead atoms. The van der Waals surface area contributed by atoms with Crippen molar-refractivity contribution in [2.24, 2.45) is 5.92 Å². The van der Waals surface area contributed by atoms with Crippen LogP contribution in [0.1, 0.15) is 23.5 Å². The van der Waals surface area contributed by atoms with Gasteiger partial charge in [-0.15, -0.1) is 22.7 Å². The maximum Gasteiger partial charge on any atom is 0.261 e. The SMILES string of the molecule is CC(C)C(CBr)NC(=O)c1cc2sccc2s1. The zero-order valence-electron chi connectivity index (χ0n) is 9.70. The summed E-state index contributed by atoms with van der Waals surface area (Å²) in [6, 6.07) is 4.22. The van der Waals surface area contributed by atoms with Crippen LogP contribution in [-0.4, -0.2) is 17.3 Å². The van der Waals surface area contributed by atoms with Gasteiger partial charge in [0.25, 0.3) is 5.91 Å². The van der Waals surface area contributed by atoms with Crippen molar-refractivity contribution in [3.8, 4) is 0 Å². The van der Waals surface area contributed by atoms with E-state index < -0.39 is 0 Å². The monoisotopic (exact) mass is 331 g/mol. The van der Waals surface area contributed by atoms with Gasteiger partial charge < -0.3 is 5.32 Å². The summed E-state index contributed by atoms with van der Waals surface area (Å²) < 4.78 is 2.39. The van der Waals surface area contributed by atoms with Gasteiger partial charge >= 0.3 is 0 Å². The fourth-order valence-corrected chi connectivity index (χ4v) is 4.42. The zero-order chi connectivity index (χ0) is 12.4. The maximum absolute atomic E-state index is 12.1. The van der Waals surface area contributed by atoms with E-state index in [0.29, 0.717) is 5.92 Å². The first kappa shape index (κ1) is 13.1. The van der Waals surface area contributed by atoms with Crippen molar-refractivity contribution in [3.63, 3.8) is 0 Å². The van der Waals surface area contributed by atoms with E-state index in [4.69, 9.17) is 0 Å². The number of hydrogen-bond donors (Lipinski definition) is 1. The zero-order valence-corrected chi connectivity index (χ0v) is 12.9. The maximum atomic E-state index is 12.1. The largest absolute Gasteiger partial charge is 0.348 e. The number of halogens is 1. The number of rotatable bonds is 4. The van der Waals surface area contributed by atoms with Gasteiger partial charge in [0, 0.05) is 20.8 Å². The van der Waals surface area contributed by atoms with Crippen molar-refractivity contribution in [1.29, 1.82) is 0 Å². The number of carbonyl (C=O) groups is 1. The van der Waals surface area contributed by atoms with Crippen LogP contribution in [0, 0.1) is 5.92 Å². The Kier molecular flexibility index (Phi) is 4.22. The van der Waals surface area contributed by atoms with Gasteiger partial charge in [0.05, 0.1) is 4.88 Å². The summed E-state index contributed by atoms with van der Waals surface area (Å²) >= 11 is 6.67. The van der Waals surface area contributed by atoms with E-state index in [2.05, 4.69) is 46.5 Å². The third-order valence-electron chi connectivity index (χ3n) is 2.65.